The van der Waals surface area contributed by atoms with Crippen LogP contribution in [0.2, 0.25) is 0 Å². The smallest absolute Gasteiger partial charge is 0.170 e. The first kappa shape index (κ1) is 20.8. The number of fused-ring (bicyclic) bond motifs is 1. The molecule has 0 spiro atoms. The van der Waals surface area contributed by atoms with Gasteiger partial charge in [0.2, 0.25) is 0 Å². The summed E-state index contributed by atoms with van der Waals surface area (Å²) in [6.07, 6.45) is 3.32. The van der Waals surface area contributed by atoms with Gasteiger partial charge in [0.05, 0.1) is 6.61 Å². The maximum atomic E-state index is 6.14. The van der Waals surface area contributed by atoms with Gasteiger partial charge < -0.3 is 20.7 Å². The molecule has 0 saturated carbocycles. The van der Waals surface area contributed by atoms with Gasteiger partial charge in [0.25, 0.3) is 0 Å². The first-order chi connectivity index (χ1) is 14.7. The maximum absolute atomic E-state index is 6.14. The number of rotatable bonds is 8. The summed E-state index contributed by atoms with van der Waals surface area (Å²) in [5.74, 6) is 1.44. The summed E-state index contributed by atoms with van der Waals surface area (Å²) in [5, 5.41) is 5.16. The first-order valence-electron chi connectivity index (χ1n) is 10.9. The summed E-state index contributed by atoms with van der Waals surface area (Å²) in [6.45, 7) is 6.00. The van der Waals surface area contributed by atoms with Crippen molar-refractivity contribution in [1.29, 1.82) is 0 Å². The van der Waals surface area contributed by atoms with E-state index in [2.05, 4.69) is 29.1 Å². The van der Waals surface area contributed by atoms with Gasteiger partial charge in [-0.2, -0.15) is 0 Å². The second kappa shape index (κ2) is 9.60. The molecule has 1 fully saturated rings. The average molecular weight is 409 g/mol. The average Bonchev–Trinajstić information content (AvgIpc) is 3.21. The topological polar surface area (TPSA) is 90.5 Å². The summed E-state index contributed by atoms with van der Waals surface area (Å²) in [4.78, 5) is 2.57. The van der Waals surface area contributed by atoms with Gasteiger partial charge in [0.1, 0.15) is 11.4 Å². The van der Waals surface area contributed by atoms with Crippen LogP contribution < -0.4 is 16.2 Å². The molecule has 2 heterocycles. The normalized spacial score (nSPS) is 20.0. The third-order valence-corrected chi connectivity index (χ3v) is 6.29. The standard InChI is InChI=1S/C24H32N4O2/c1-17-9-10-18(16-29-23-8-3-2-5-20(23)13-25)15-28(17)12-11-19-6-4-7-21-22(14-26)27-30-24(19)21/h2-8,17-18H,9-16,25-26H2,1H3. The lowest BCUT2D eigenvalue weighted by Crippen LogP contribution is -2.44. The van der Waals surface area contributed by atoms with Gasteiger partial charge in [-0.05, 0) is 43.9 Å². The van der Waals surface area contributed by atoms with Crippen LogP contribution >= 0.6 is 0 Å². The van der Waals surface area contributed by atoms with Crippen molar-refractivity contribution < 1.29 is 9.26 Å². The molecule has 4 N–H and O–H groups in total. The summed E-state index contributed by atoms with van der Waals surface area (Å²) in [7, 11) is 0. The van der Waals surface area contributed by atoms with Crippen LogP contribution in [0.25, 0.3) is 11.0 Å². The van der Waals surface area contributed by atoms with E-state index in [0.717, 1.165) is 54.1 Å². The molecule has 1 aliphatic heterocycles. The molecule has 2 unspecified atom stereocenters. The molecule has 1 saturated heterocycles. The van der Waals surface area contributed by atoms with Gasteiger partial charge in [-0.1, -0.05) is 35.5 Å². The number of ether oxygens (including phenoxy) is 1. The second-order valence-corrected chi connectivity index (χ2v) is 8.29. The number of para-hydroxylation sites is 2. The number of nitrogens with zero attached hydrogens (tertiary/aromatic N) is 2. The van der Waals surface area contributed by atoms with E-state index in [1.165, 1.54) is 18.4 Å². The molecule has 4 rings (SSSR count). The van der Waals surface area contributed by atoms with Crippen molar-refractivity contribution in [3.8, 4) is 5.75 Å². The molecule has 30 heavy (non-hydrogen) atoms. The minimum absolute atomic E-state index is 0.397. The highest BCUT2D eigenvalue weighted by Crippen LogP contribution is 2.26. The Labute approximate surface area is 178 Å². The zero-order valence-corrected chi connectivity index (χ0v) is 17.7. The van der Waals surface area contributed by atoms with Crippen molar-refractivity contribution in [2.45, 2.75) is 45.3 Å². The fourth-order valence-electron chi connectivity index (χ4n) is 4.41. The molecule has 0 amide bonds. The van der Waals surface area contributed by atoms with Gasteiger partial charge >= 0.3 is 0 Å². The third kappa shape index (κ3) is 4.51. The van der Waals surface area contributed by atoms with E-state index in [1.807, 2.05) is 30.3 Å². The van der Waals surface area contributed by atoms with Crippen LogP contribution in [0.3, 0.4) is 0 Å². The van der Waals surface area contributed by atoms with E-state index in [0.29, 0.717) is 25.0 Å². The predicted molar refractivity (Wildman–Crippen MR) is 119 cm³/mol. The molecule has 2 atom stereocenters. The largest absolute Gasteiger partial charge is 0.493 e. The lowest BCUT2D eigenvalue weighted by molar-refractivity contribution is 0.0902. The molecule has 0 radical (unpaired) electrons. The zero-order chi connectivity index (χ0) is 20.9. The van der Waals surface area contributed by atoms with Gasteiger partial charge in [-0.25, -0.2) is 0 Å². The Kier molecular flexibility index (Phi) is 6.67. The van der Waals surface area contributed by atoms with E-state index in [-0.39, 0.29) is 0 Å². The van der Waals surface area contributed by atoms with Crippen molar-refractivity contribution in [3.63, 3.8) is 0 Å². The SMILES string of the molecule is CC1CCC(COc2ccccc2CN)CN1CCc1cccc2c(CN)noc12. The Morgan fingerprint density at radius 1 is 1.07 bits per heavy atom. The Hall–Kier alpha value is -2.41. The fourth-order valence-corrected chi connectivity index (χ4v) is 4.41. The monoisotopic (exact) mass is 408 g/mol. The molecular weight excluding hydrogens is 376 g/mol. The lowest BCUT2D eigenvalue weighted by atomic mass is 9.93. The highest BCUT2D eigenvalue weighted by molar-refractivity contribution is 5.82. The molecule has 3 aromatic rings. The van der Waals surface area contributed by atoms with Gasteiger partial charge in [-0.3, -0.25) is 4.90 Å². The highest BCUT2D eigenvalue weighted by Gasteiger charge is 2.26. The van der Waals surface area contributed by atoms with Crippen LogP contribution in [0.1, 0.15) is 36.6 Å². The molecule has 0 bridgehead atoms. The van der Waals surface area contributed by atoms with E-state index in [4.69, 9.17) is 20.7 Å². The number of aromatic nitrogens is 1. The Morgan fingerprint density at radius 2 is 1.90 bits per heavy atom. The van der Waals surface area contributed by atoms with E-state index in [1.54, 1.807) is 0 Å². The van der Waals surface area contributed by atoms with Crippen LogP contribution in [0.5, 0.6) is 5.75 Å². The van der Waals surface area contributed by atoms with Crippen molar-refractivity contribution in [2.24, 2.45) is 17.4 Å². The summed E-state index contributed by atoms with van der Waals surface area (Å²) < 4.78 is 11.7. The van der Waals surface area contributed by atoms with Gasteiger partial charge in [0, 0.05) is 49.1 Å². The number of hydrogen-bond acceptors (Lipinski definition) is 6. The Morgan fingerprint density at radius 3 is 2.73 bits per heavy atom. The first-order valence-corrected chi connectivity index (χ1v) is 10.9. The predicted octanol–water partition coefficient (Wildman–Crippen LogP) is 3.47. The summed E-state index contributed by atoms with van der Waals surface area (Å²) >= 11 is 0. The van der Waals surface area contributed by atoms with Crippen LogP contribution in [0, 0.1) is 5.92 Å². The van der Waals surface area contributed by atoms with E-state index < -0.39 is 0 Å². The maximum Gasteiger partial charge on any atom is 0.170 e. The minimum atomic E-state index is 0.397. The van der Waals surface area contributed by atoms with E-state index >= 15 is 0 Å². The molecule has 0 aliphatic carbocycles. The molecule has 1 aromatic heterocycles. The lowest BCUT2D eigenvalue weighted by Gasteiger charge is -2.38. The molecular formula is C24H32N4O2. The van der Waals surface area contributed by atoms with Gasteiger partial charge in [-0.15, -0.1) is 0 Å². The van der Waals surface area contributed by atoms with E-state index in [9.17, 15) is 0 Å². The summed E-state index contributed by atoms with van der Waals surface area (Å²) in [6, 6.07) is 14.9. The fraction of sp³-hybridized carbons (Fsp3) is 0.458. The number of piperidine rings is 1. The zero-order valence-electron chi connectivity index (χ0n) is 17.7. The quantitative estimate of drug-likeness (QED) is 0.593. The Bertz CT molecular complexity index is 971. The Balaban J connectivity index is 1.37. The van der Waals surface area contributed by atoms with Crippen LogP contribution in [-0.2, 0) is 19.5 Å². The van der Waals surface area contributed by atoms with Gasteiger partial charge in [0.15, 0.2) is 5.58 Å². The number of benzene rings is 2. The number of likely N-dealkylation sites (tertiary alicyclic amines) is 1. The molecule has 1 aliphatic rings. The molecule has 6 heteroatoms. The summed E-state index contributed by atoms with van der Waals surface area (Å²) in [5.41, 5.74) is 15.6. The number of nitrogens with two attached hydrogens (primary N) is 2. The van der Waals surface area contributed by atoms with Crippen molar-refractivity contribution in [3.05, 3.63) is 59.3 Å². The van der Waals surface area contributed by atoms with Crippen molar-refractivity contribution in [2.75, 3.05) is 19.7 Å². The van der Waals surface area contributed by atoms with Crippen LogP contribution in [0.4, 0.5) is 0 Å². The highest BCUT2D eigenvalue weighted by atomic mass is 16.5. The molecule has 160 valence electrons. The molecule has 2 aromatic carbocycles. The van der Waals surface area contributed by atoms with Crippen molar-refractivity contribution in [1.82, 2.24) is 10.1 Å². The third-order valence-electron chi connectivity index (χ3n) is 6.29. The van der Waals surface area contributed by atoms with Crippen LogP contribution in [-0.4, -0.2) is 35.8 Å². The van der Waals surface area contributed by atoms with Crippen LogP contribution in [0.15, 0.2) is 47.0 Å². The van der Waals surface area contributed by atoms with Crippen molar-refractivity contribution >= 4 is 11.0 Å². The minimum Gasteiger partial charge on any atom is -0.493 e. The number of hydrogen-bond donors (Lipinski definition) is 2. The second-order valence-electron chi connectivity index (χ2n) is 8.29. The molecule has 6 nitrogen and oxygen atoms in total.